The van der Waals surface area contributed by atoms with Gasteiger partial charge in [0.2, 0.25) is 0 Å². The molecule has 46 heavy (non-hydrogen) atoms. The van der Waals surface area contributed by atoms with E-state index in [0.29, 0.717) is 45.4 Å². The highest BCUT2D eigenvalue weighted by Crippen LogP contribution is 2.21. The number of rotatable bonds is 27. The molecule has 0 radical (unpaired) electrons. The number of carboxylic acid groups (broad SMARTS) is 3. The van der Waals surface area contributed by atoms with Crippen molar-refractivity contribution in [3.05, 3.63) is 0 Å². The summed E-state index contributed by atoms with van der Waals surface area (Å²) in [6, 6.07) is -0.491. The van der Waals surface area contributed by atoms with E-state index in [4.69, 9.17) is 30.9 Å². The number of nitrogens with one attached hydrogen (secondary N) is 2. The second-order valence-corrected chi connectivity index (χ2v) is 11.9. The molecule has 16 nitrogen and oxygen atoms in total. The van der Waals surface area contributed by atoms with E-state index in [0.717, 1.165) is 33.0 Å². The Hall–Kier alpha value is -2.57. The number of aliphatic hydroxyl groups is 1. The summed E-state index contributed by atoms with van der Waals surface area (Å²) in [5.74, 6) is -3.03. The Morgan fingerprint density at radius 3 is 1.67 bits per heavy atom. The van der Waals surface area contributed by atoms with Gasteiger partial charge in [0.05, 0.1) is 37.9 Å². The molecule has 8 N–H and O–H groups in total. The molecule has 0 aliphatic carbocycles. The number of hydrogen-bond donors (Lipinski definition) is 7. The fraction of sp³-hybridized carbons (Fsp3) is 0.833. The summed E-state index contributed by atoms with van der Waals surface area (Å²) in [6.45, 7) is 13.4. The van der Waals surface area contributed by atoms with Gasteiger partial charge in [0, 0.05) is 64.9 Å². The molecule has 16 heteroatoms. The highest BCUT2D eigenvalue weighted by atomic mass is 16.5. The van der Waals surface area contributed by atoms with Gasteiger partial charge in [0.25, 0.3) is 0 Å². The van der Waals surface area contributed by atoms with E-state index in [9.17, 15) is 24.0 Å². The number of aliphatic carboxylic acids is 3. The Bertz CT molecular complexity index is 826. The van der Waals surface area contributed by atoms with Crippen LogP contribution in [0.15, 0.2) is 0 Å². The van der Waals surface area contributed by atoms with Crippen LogP contribution in [0.4, 0.5) is 0 Å². The summed E-state index contributed by atoms with van der Waals surface area (Å²) in [4.78, 5) is 59.6. The minimum absolute atomic E-state index is 0.130. The lowest BCUT2D eigenvalue weighted by Gasteiger charge is -2.32. The number of nitrogens with two attached hydrogens (primary N) is 1. The maximum atomic E-state index is 11.2. The number of aliphatic hydroxyl groups excluding tert-OH is 1. The van der Waals surface area contributed by atoms with Crippen molar-refractivity contribution in [1.82, 2.24) is 25.3 Å². The van der Waals surface area contributed by atoms with E-state index in [-0.39, 0.29) is 50.3 Å². The third-order valence-electron chi connectivity index (χ3n) is 6.31. The molecule has 0 aliphatic rings. The van der Waals surface area contributed by atoms with E-state index in [2.05, 4.69) is 24.5 Å². The van der Waals surface area contributed by atoms with Crippen LogP contribution in [-0.2, 0) is 28.7 Å². The average molecular weight is 667 g/mol. The van der Waals surface area contributed by atoms with Crippen molar-refractivity contribution < 1.29 is 49.1 Å². The first-order valence-corrected chi connectivity index (χ1v) is 15.4. The molecule has 1 unspecified atom stereocenters. The maximum Gasteiger partial charge on any atom is 0.317 e. The lowest BCUT2D eigenvalue weighted by Crippen LogP contribution is -2.45. The van der Waals surface area contributed by atoms with Crippen LogP contribution in [0.1, 0.15) is 53.9 Å². The van der Waals surface area contributed by atoms with E-state index < -0.39 is 23.9 Å². The molecule has 1 atom stereocenters. The molecular formula is C30H62N6O10. The summed E-state index contributed by atoms with van der Waals surface area (Å²) >= 11 is 0. The van der Waals surface area contributed by atoms with Gasteiger partial charge in [-0.15, -0.1) is 0 Å². The summed E-state index contributed by atoms with van der Waals surface area (Å²) in [5.41, 5.74) is 5.64. The minimum atomic E-state index is -1.03. The zero-order valence-corrected chi connectivity index (χ0v) is 29.0. The van der Waals surface area contributed by atoms with Crippen LogP contribution >= 0.6 is 0 Å². The zero-order valence-electron chi connectivity index (χ0n) is 29.0. The van der Waals surface area contributed by atoms with Crippen molar-refractivity contribution in [2.45, 2.75) is 71.1 Å². The second kappa shape index (κ2) is 28.6. The number of carbonyl (C=O) groups is 5. The van der Waals surface area contributed by atoms with Crippen LogP contribution in [0, 0.1) is 0 Å². The fourth-order valence-corrected chi connectivity index (χ4v) is 4.48. The van der Waals surface area contributed by atoms with Gasteiger partial charge in [-0.25, -0.2) is 0 Å². The monoisotopic (exact) mass is 666 g/mol. The number of ether oxygens (including phenoxy) is 1. The predicted molar refractivity (Wildman–Crippen MR) is 176 cm³/mol. The molecule has 0 heterocycles. The van der Waals surface area contributed by atoms with Crippen molar-refractivity contribution >= 4 is 30.5 Å². The molecule has 0 aliphatic heterocycles. The van der Waals surface area contributed by atoms with Crippen molar-refractivity contribution in [2.24, 2.45) is 5.73 Å². The SMILES string of the molecule is CCN(CCN(CCN(CCNC(C=O)CCC=O)CC(=O)O)CC(=O)O)CC(=O)O.CNCCOC(C)(C)CC(C)(C)N.CO. The van der Waals surface area contributed by atoms with E-state index in [1.807, 2.05) is 27.8 Å². The summed E-state index contributed by atoms with van der Waals surface area (Å²) in [6.07, 6.45) is 2.90. The molecule has 0 amide bonds. The largest absolute Gasteiger partial charge is 0.480 e. The number of aldehydes is 2. The Balaban J connectivity index is -0.00000103. The van der Waals surface area contributed by atoms with Crippen LogP contribution in [0.5, 0.6) is 0 Å². The van der Waals surface area contributed by atoms with Crippen LogP contribution in [0.25, 0.3) is 0 Å². The van der Waals surface area contributed by atoms with Gasteiger partial charge in [-0.1, -0.05) is 6.92 Å². The maximum absolute atomic E-state index is 11.2. The predicted octanol–water partition coefficient (Wildman–Crippen LogP) is -0.961. The molecule has 0 saturated carbocycles. The third kappa shape index (κ3) is 32.8. The van der Waals surface area contributed by atoms with Gasteiger partial charge >= 0.3 is 17.9 Å². The number of likely N-dealkylation sites (N-methyl/N-ethyl adjacent to an activating group) is 2. The second-order valence-electron chi connectivity index (χ2n) is 11.9. The lowest BCUT2D eigenvalue weighted by molar-refractivity contribution is -0.140. The molecule has 0 aromatic carbocycles. The average Bonchev–Trinajstić information content (AvgIpc) is 2.94. The molecule has 0 aromatic rings. The quantitative estimate of drug-likeness (QED) is 0.0413. The lowest BCUT2D eigenvalue weighted by atomic mass is 9.90. The molecule has 0 rings (SSSR count). The first-order valence-electron chi connectivity index (χ1n) is 15.4. The van der Waals surface area contributed by atoms with Gasteiger partial charge in [-0.2, -0.15) is 0 Å². The molecule has 0 spiro atoms. The number of carboxylic acids is 3. The third-order valence-corrected chi connectivity index (χ3v) is 6.31. The Morgan fingerprint density at radius 1 is 0.826 bits per heavy atom. The first kappa shape index (κ1) is 47.8. The smallest absolute Gasteiger partial charge is 0.317 e. The van der Waals surface area contributed by atoms with Gasteiger partial charge in [0.15, 0.2) is 0 Å². The van der Waals surface area contributed by atoms with Gasteiger partial charge < -0.3 is 51.1 Å². The molecule has 0 saturated heterocycles. The normalized spacial score (nSPS) is 12.2. The molecule has 0 aromatic heterocycles. The van der Waals surface area contributed by atoms with Gasteiger partial charge in [-0.3, -0.25) is 29.1 Å². The standard InChI is InChI=1S/C19H34N4O8.C10H24N2O.CH4O/c1-2-21(12-17(26)27)7-8-23(14-19(30)31)10-9-22(13-18(28)29)6-5-20-16(15-25)4-3-11-24;1-9(2,11)8-10(3,4)13-7-6-12-5;1-2/h11,15-16,20H,2-10,12-14H2,1H3,(H,26,27)(H,28,29)(H,30,31);12H,6-8,11H2,1-5H3;2H,1H3. The molecule has 272 valence electrons. The van der Waals surface area contributed by atoms with E-state index in [1.165, 1.54) is 0 Å². The Morgan fingerprint density at radius 2 is 1.28 bits per heavy atom. The van der Waals surface area contributed by atoms with Crippen LogP contribution in [0.2, 0.25) is 0 Å². The van der Waals surface area contributed by atoms with Crippen LogP contribution in [-0.4, -0.2) is 176 Å². The van der Waals surface area contributed by atoms with Gasteiger partial charge in [0.1, 0.15) is 12.6 Å². The number of nitrogens with zero attached hydrogens (tertiary/aromatic N) is 3. The number of carbonyl (C=O) groups excluding carboxylic acids is 2. The number of hydrogen-bond acceptors (Lipinski definition) is 13. The van der Waals surface area contributed by atoms with E-state index >= 15 is 0 Å². The summed E-state index contributed by atoms with van der Waals surface area (Å²) in [5, 5.41) is 40.2. The summed E-state index contributed by atoms with van der Waals surface area (Å²) in [7, 11) is 2.92. The highest BCUT2D eigenvalue weighted by molar-refractivity contribution is 5.70. The minimum Gasteiger partial charge on any atom is -0.480 e. The summed E-state index contributed by atoms with van der Waals surface area (Å²) < 4.78 is 5.70. The Labute approximate surface area is 274 Å². The zero-order chi connectivity index (χ0) is 36.2. The van der Waals surface area contributed by atoms with Crippen molar-refractivity contribution in [3.8, 4) is 0 Å². The molecule has 0 fully saturated rings. The van der Waals surface area contributed by atoms with Crippen molar-refractivity contribution in [1.29, 1.82) is 0 Å². The van der Waals surface area contributed by atoms with Gasteiger partial charge in [-0.05, 0) is 54.1 Å². The molecule has 0 bridgehead atoms. The van der Waals surface area contributed by atoms with Crippen LogP contribution < -0.4 is 16.4 Å². The topological polar surface area (TPSA) is 235 Å². The van der Waals surface area contributed by atoms with Crippen molar-refractivity contribution in [3.63, 3.8) is 0 Å². The molecular weight excluding hydrogens is 604 g/mol. The van der Waals surface area contributed by atoms with E-state index in [1.54, 1.807) is 14.7 Å². The highest BCUT2D eigenvalue weighted by Gasteiger charge is 2.26. The van der Waals surface area contributed by atoms with Crippen molar-refractivity contribution in [2.75, 3.05) is 92.8 Å². The Kier molecular flexibility index (Phi) is 29.8. The van der Waals surface area contributed by atoms with Crippen LogP contribution in [0.3, 0.4) is 0 Å². The fourth-order valence-electron chi connectivity index (χ4n) is 4.48. The first-order chi connectivity index (χ1) is 21.5.